The molecule has 0 spiro atoms. The van der Waals surface area contributed by atoms with E-state index >= 15 is 0 Å². The molecule has 0 bridgehead atoms. The van der Waals surface area contributed by atoms with Crippen LogP contribution in [0.5, 0.6) is 11.8 Å². The van der Waals surface area contributed by atoms with Crippen LogP contribution in [0.2, 0.25) is 0 Å². The van der Waals surface area contributed by atoms with Crippen molar-refractivity contribution in [2.75, 3.05) is 0 Å². The second kappa shape index (κ2) is 6.48. The van der Waals surface area contributed by atoms with Crippen LogP contribution in [0, 0.1) is 6.92 Å². The van der Waals surface area contributed by atoms with Crippen LogP contribution in [-0.4, -0.2) is 44.3 Å². The minimum absolute atomic E-state index is 0.0478. The number of Topliss-reactive ketones (excluding diaryl/α,β-unsaturated/α-hetero) is 1. The fourth-order valence-electron chi connectivity index (χ4n) is 3.06. The Morgan fingerprint density at radius 3 is 2.31 bits per heavy atom. The summed E-state index contributed by atoms with van der Waals surface area (Å²) >= 11 is 0. The lowest BCUT2D eigenvalue weighted by Gasteiger charge is -2.08. The Kier molecular flexibility index (Phi) is 4.19. The van der Waals surface area contributed by atoms with Gasteiger partial charge in [-0.2, -0.15) is 12.5 Å². The number of ketones is 1. The van der Waals surface area contributed by atoms with Crippen LogP contribution < -0.4 is 4.84 Å². The van der Waals surface area contributed by atoms with Crippen molar-refractivity contribution in [2.24, 2.45) is 0 Å². The topological polar surface area (TPSA) is 141 Å². The molecular weight excluding hydrogens is 402 g/mol. The second-order valence-electron chi connectivity index (χ2n) is 6.55. The van der Waals surface area contributed by atoms with E-state index in [-0.39, 0.29) is 40.5 Å². The predicted molar refractivity (Wildman–Crippen MR) is 97.1 cm³/mol. The Morgan fingerprint density at radius 2 is 1.69 bits per heavy atom. The van der Waals surface area contributed by atoms with Crippen molar-refractivity contribution >= 4 is 21.8 Å². The molecule has 2 aromatic heterocycles. The van der Waals surface area contributed by atoms with Crippen molar-refractivity contribution in [3.63, 3.8) is 0 Å². The molecule has 1 aliphatic rings. The van der Waals surface area contributed by atoms with Gasteiger partial charge in [0.05, 0.1) is 17.0 Å². The van der Waals surface area contributed by atoms with Crippen molar-refractivity contribution in [3.8, 4) is 11.8 Å². The predicted octanol–water partition coefficient (Wildman–Crippen LogP) is 0.578. The summed E-state index contributed by atoms with van der Waals surface area (Å²) in [6, 6.07) is 8.24. The van der Waals surface area contributed by atoms with Gasteiger partial charge in [-0.25, -0.2) is 4.79 Å². The monoisotopic (exact) mass is 417 g/mol. The average molecular weight is 417 g/mol. The van der Waals surface area contributed by atoms with Crippen LogP contribution in [0.15, 0.2) is 41.3 Å². The first kappa shape index (κ1) is 18.7. The van der Waals surface area contributed by atoms with E-state index in [0.717, 1.165) is 17.7 Å². The van der Waals surface area contributed by atoms with E-state index in [2.05, 4.69) is 5.10 Å². The number of rotatable bonds is 4. The molecule has 0 saturated carbocycles. The lowest BCUT2D eigenvalue weighted by Crippen LogP contribution is -2.22. The lowest BCUT2D eigenvalue weighted by atomic mass is 10.2. The molecule has 150 valence electrons. The van der Waals surface area contributed by atoms with Gasteiger partial charge in [-0.15, -0.1) is 9.83 Å². The summed E-state index contributed by atoms with van der Waals surface area (Å²) in [6.07, 6.45) is -0.368. The zero-order valence-corrected chi connectivity index (χ0v) is 15.9. The molecular formula is C18H15N3O7S. The summed E-state index contributed by atoms with van der Waals surface area (Å²) in [5.41, 5.74) is 0.708. The van der Waals surface area contributed by atoms with E-state index in [1.54, 1.807) is 19.1 Å². The number of carbonyl (C=O) groups is 2. The number of carbonyl (C=O) groups excluding carboxylic acids is 2. The lowest BCUT2D eigenvalue weighted by molar-refractivity contribution is -0.117. The summed E-state index contributed by atoms with van der Waals surface area (Å²) in [5, 5.41) is 23.1. The molecule has 10 nitrogen and oxygen atoms in total. The maximum atomic E-state index is 13.0. The van der Waals surface area contributed by atoms with Gasteiger partial charge in [0.25, 0.3) is 10.0 Å². The van der Waals surface area contributed by atoms with E-state index < -0.39 is 27.8 Å². The molecule has 29 heavy (non-hydrogen) atoms. The standard InChI is InChI=1S/C18H15N3O7S/c1-10-2-4-12(5-3-10)29(26,27)21-14-9-11(22)8-13(14)17(19-21)18(25)28-20-15(23)6-7-16(20)24/h2-7,23-24H,8-9H2,1H3. The van der Waals surface area contributed by atoms with Gasteiger partial charge in [0.15, 0.2) is 5.69 Å². The molecule has 0 saturated heterocycles. The quantitative estimate of drug-likeness (QED) is 0.628. The summed E-state index contributed by atoms with van der Waals surface area (Å²) in [7, 11) is -4.16. The molecule has 1 aliphatic carbocycles. The number of benzene rings is 1. The molecule has 0 aliphatic heterocycles. The molecule has 0 fully saturated rings. The summed E-state index contributed by atoms with van der Waals surface area (Å²) in [6.45, 7) is 1.81. The van der Waals surface area contributed by atoms with Gasteiger partial charge in [-0.1, -0.05) is 17.7 Å². The fraction of sp³-hybridized carbons (Fsp3) is 0.167. The van der Waals surface area contributed by atoms with Gasteiger partial charge in [-0.05, 0) is 19.1 Å². The van der Waals surface area contributed by atoms with E-state index in [4.69, 9.17) is 4.84 Å². The molecule has 0 radical (unpaired) electrons. The zero-order chi connectivity index (χ0) is 20.9. The third kappa shape index (κ3) is 3.05. The van der Waals surface area contributed by atoms with Gasteiger partial charge in [-0.3, -0.25) is 4.79 Å². The number of aromatic nitrogens is 3. The van der Waals surface area contributed by atoms with Crippen molar-refractivity contribution in [3.05, 3.63) is 58.9 Å². The minimum Gasteiger partial charge on any atom is -0.492 e. The maximum absolute atomic E-state index is 13.0. The highest BCUT2D eigenvalue weighted by Crippen LogP contribution is 2.28. The highest BCUT2D eigenvalue weighted by Gasteiger charge is 2.36. The number of nitrogens with zero attached hydrogens (tertiary/aromatic N) is 3. The van der Waals surface area contributed by atoms with Crippen LogP contribution in [-0.2, 0) is 27.7 Å². The minimum atomic E-state index is -4.16. The Balaban J connectivity index is 1.79. The van der Waals surface area contributed by atoms with Gasteiger partial charge >= 0.3 is 5.97 Å². The summed E-state index contributed by atoms with van der Waals surface area (Å²) < 4.78 is 27.2. The number of aromatic hydroxyl groups is 2. The van der Waals surface area contributed by atoms with Crippen molar-refractivity contribution < 1.29 is 33.1 Å². The molecule has 2 heterocycles. The highest BCUT2D eigenvalue weighted by atomic mass is 32.2. The first-order valence-corrected chi connectivity index (χ1v) is 9.89. The normalized spacial score (nSPS) is 13.5. The second-order valence-corrected chi connectivity index (χ2v) is 8.32. The van der Waals surface area contributed by atoms with Gasteiger partial charge in [0, 0.05) is 24.1 Å². The fourth-order valence-corrected chi connectivity index (χ4v) is 4.40. The molecule has 0 unspecified atom stereocenters. The number of fused-ring (bicyclic) bond motifs is 1. The number of aryl methyl sites for hydroxylation is 1. The first-order chi connectivity index (χ1) is 13.7. The molecule has 11 heteroatoms. The Hall–Kier alpha value is -3.60. The van der Waals surface area contributed by atoms with Crippen molar-refractivity contribution in [1.29, 1.82) is 0 Å². The third-order valence-electron chi connectivity index (χ3n) is 4.51. The smallest absolute Gasteiger partial charge is 0.384 e. The van der Waals surface area contributed by atoms with Crippen LogP contribution >= 0.6 is 0 Å². The van der Waals surface area contributed by atoms with E-state index in [1.807, 2.05) is 0 Å². The largest absolute Gasteiger partial charge is 0.492 e. The van der Waals surface area contributed by atoms with Gasteiger partial charge in [0.2, 0.25) is 11.8 Å². The zero-order valence-electron chi connectivity index (χ0n) is 15.1. The van der Waals surface area contributed by atoms with Crippen molar-refractivity contribution in [1.82, 2.24) is 13.9 Å². The SMILES string of the molecule is Cc1ccc(S(=O)(=O)n2nc(C(=O)On3c(O)ccc3O)c3c2CC(=O)C3)cc1. The van der Waals surface area contributed by atoms with E-state index in [1.165, 1.54) is 12.1 Å². The number of hydrogen-bond acceptors (Lipinski definition) is 8. The Bertz CT molecular complexity index is 1230. The van der Waals surface area contributed by atoms with Crippen LogP contribution in [0.3, 0.4) is 0 Å². The summed E-state index contributed by atoms with van der Waals surface area (Å²) in [5.74, 6) is -2.49. The van der Waals surface area contributed by atoms with Gasteiger partial charge in [0.1, 0.15) is 5.78 Å². The molecule has 0 amide bonds. The van der Waals surface area contributed by atoms with E-state index in [0.29, 0.717) is 8.82 Å². The third-order valence-corrected chi connectivity index (χ3v) is 6.13. The molecule has 0 atom stereocenters. The van der Waals surface area contributed by atoms with Crippen LogP contribution in [0.1, 0.15) is 27.3 Å². The first-order valence-electron chi connectivity index (χ1n) is 8.45. The van der Waals surface area contributed by atoms with E-state index in [9.17, 15) is 28.2 Å². The molecule has 2 N–H and O–H groups in total. The summed E-state index contributed by atoms with van der Waals surface area (Å²) in [4.78, 5) is 29.4. The molecule has 3 aromatic rings. The Morgan fingerprint density at radius 1 is 1.07 bits per heavy atom. The van der Waals surface area contributed by atoms with Gasteiger partial charge < -0.3 is 15.1 Å². The molecule has 1 aromatic carbocycles. The highest BCUT2D eigenvalue weighted by molar-refractivity contribution is 7.89. The number of hydrogen-bond donors (Lipinski definition) is 2. The molecule has 4 rings (SSSR count). The maximum Gasteiger partial charge on any atom is 0.384 e. The Labute approximate surface area is 164 Å². The van der Waals surface area contributed by atoms with Crippen LogP contribution in [0.25, 0.3) is 0 Å². The van der Waals surface area contributed by atoms with Crippen LogP contribution in [0.4, 0.5) is 0 Å². The average Bonchev–Trinajstić information content (AvgIpc) is 3.30. The van der Waals surface area contributed by atoms with Crippen molar-refractivity contribution in [2.45, 2.75) is 24.7 Å².